The summed E-state index contributed by atoms with van der Waals surface area (Å²) in [4.78, 5) is 11.3. The molecule has 1 aliphatic carbocycles. The molecule has 1 aliphatic rings. The lowest BCUT2D eigenvalue weighted by molar-refractivity contribution is -0.124. The van der Waals surface area contributed by atoms with Gasteiger partial charge < -0.3 is 5.32 Å². The molecule has 0 aliphatic heterocycles. The van der Waals surface area contributed by atoms with Crippen molar-refractivity contribution < 1.29 is 4.79 Å². The number of nitrogens with one attached hydrogen (secondary N) is 1. The Labute approximate surface area is 93.8 Å². The molecule has 1 N–H and O–H groups in total. The maximum absolute atomic E-state index is 11.3. The summed E-state index contributed by atoms with van der Waals surface area (Å²) < 4.78 is 0. The van der Waals surface area contributed by atoms with Crippen LogP contribution in [0.25, 0.3) is 0 Å². The van der Waals surface area contributed by atoms with E-state index in [-0.39, 0.29) is 11.8 Å². The Morgan fingerprint density at radius 1 is 1.40 bits per heavy atom. The van der Waals surface area contributed by atoms with Crippen LogP contribution in [0.3, 0.4) is 0 Å². The third-order valence-corrected chi connectivity index (χ3v) is 3.42. The van der Waals surface area contributed by atoms with E-state index in [1.165, 1.54) is 32.1 Å². The molecule has 0 aromatic carbocycles. The van der Waals surface area contributed by atoms with Crippen molar-refractivity contribution in [1.29, 1.82) is 0 Å². The summed E-state index contributed by atoms with van der Waals surface area (Å²) in [6, 6.07) is 0. The maximum atomic E-state index is 11.3. The second-order valence-electron chi connectivity index (χ2n) is 5.37. The average molecular weight is 211 g/mol. The summed E-state index contributed by atoms with van der Waals surface area (Å²) in [5, 5.41) is 3.01. The van der Waals surface area contributed by atoms with Gasteiger partial charge >= 0.3 is 0 Å². The minimum absolute atomic E-state index is 0.121. The van der Waals surface area contributed by atoms with Crippen molar-refractivity contribution in [3.8, 4) is 0 Å². The molecule has 2 heteroatoms. The first-order chi connectivity index (χ1) is 7.09. The molecule has 88 valence electrons. The fourth-order valence-corrected chi connectivity index (χ4v) is 2.43. The highest BCUT2D eigenvalue weighted by Crippen LogP contribution is 2.30. The SMILES string of the molecule is CC1CCCC(CCNC(=O)C(C)C)C1. The molecule has 0 heterocycles. The highest BCUT2D eigenvalue weighted by Gasteiger charge is 2.18. The highest BCUT2D eigenvalue weighted by molar-refractivity contribution is 5.77. The quantitative estimate of drug-likeness (QED) is 0.761. The predicted octanol–water partition coefficient (Wildman–Crippen LogP) is 2.98. The van der Waals surface area contributed by atoms with E-state index in [2.05, 4.69) is 12.2 Å². The summed E-state index contributed by atoms with van der Waals surface area (Å²) in [7, 11) is 0. The Morgan fingerprint density at radius 2 is 2.13 bits per heavy atom. The molecule has 0 bridgehead atoms. The van der Waals surface area contributed by atoms with Crippen molar-refractivity contribution in [2.24, 2.45) is 17.8 Å². The van der Waals surface area contributed by atoms with Crippen LogP contribution in [0.15, 0.2) is 0 Å². The number of amides is 1. The minimum atomic E-state index is 0.121. The normalized spacial score (nSPS) is 26.7. The van der Waals surface area contributed by atoms with Gasteiger partial charge in [-0.1, -0.05) is 40.0 Å². The van der Waals surface area contributed by atoms with Crippen LogP contribution < -0.4 is 5.32 Å². The molecule has 0 aromatic rings. The van der Waals surface area contributed by atoms with E-state index in [0.29, 0.717) is 0 Å². The monoisotopic (exact) mass is 211 g/mol. The maximum Gasteiger partial charge on any atom is 0.222 e. The van der Waals surface area contributed by atoms with Crippen molar-refractivity contribution in [3.05, 3.63) is 0 Å². The summed E-state index contributed by atoms with van der Waals surface area (Å²) in [6.07, 6.45) is 6.67. The molecule has 15 heavy (non-hydrogen) atoms. The number of hydrogen-bond donors (Lipinski definition) is 1. The predicted molar refractivity (Wildman–Crippen MR) is 63.6 cm³/mol. The van der Waals surface area contributed by atoms with Crippen LogP contribution in [0.4, 0.5) is 0 Å². The van der Waals surface area contributed by atoms with Gasteiger partial charge in [-0.3, -0.25) is 4.79 Å². The number of hydrogen-bond acceptors (Lipinski definition) is 1. The van der Waals surface area contributed by atoms with Crippen LogP contribution in [0.5, 0.6) is 0 Å². The molecule has 1 amide bonds. The Balaban J connectivity index is 2.11. The molecule has 2 atom stereocenters. The van der Waals surface area contributed by atoms with Gasteiger partial charge in [0.15, 0.2) is 0 Å². The van der Waals surface area contributed by atoms with E-state index < -0.39 is 0 Å². The first-order valence-electron chi connectivity index (χ1n) is 6.37. The van der Waals surface area contributed by atoms with Gasteiger partial charge in [-0.05, 0) is 24.7 Å². The largest absolute Gasteiger partial charge is 0.356 e. The zero-order valence-electron chi connectivity index (χ0n) is 10.4. The number of carbonyl (C=O) groups excluding carboxylic acids is 1. The van der Waals surface area contributed by atoms with Gasteiger partial charge in [0, 0.05) is 12.5 Å². The fraction of sp³-hybridized carbons (Fsp3) is 0.923. The zero-order chi connectivity index (χ0) is 11.3. The molecule has 1 saturated carbocycles. The first kappa shape index (κ1) is 12.5. The van der Waals surface area contributed by atoms with E-state index in [0.717, 1.165) is 18.4 Å². The van der Waals surface area contributed by atoms with E-state index in [1.54, 1.807) is 0 Å². The Bertz CT molecular complexity index is 201. The smallest absolute Gasteiger partial charge is 0.222 e. The van der Waals surface area contributed by atoms with Gasteiger partial charge in [0.05, 0.1) is 0 Å². The van der Waals surface area contributed by atoms with Crippen molar-refractivity contribution >= 4 is 5.91 Å². The van der Waals surface area contributed by atoms with E-state index in [4.69, 9.17) is 0 Å². The van der Waals surface area contributed by atoms with E-state index in [1.807, 2.05) is 13.8 Å². The van der Waals surface area contributed by atoms with Gasteiger partial charge in [-0.2, -0.15) is 0 Å². The molecule has 2 nitrogen and oxygen atoms in total. The molecular weight excluding hydrogens is 186 g/mol. The van der Waals surface area contributed by atoms with Crippen molar-refractivity contribution in [1.82, 2.24) is 5.32 Å². The van der Waals surface area contributed by atoms with Crippen LogP contribution in [0.2, 0.25) is 0 Å². The van der Waals surface area contributed by atoms with Crippen LogP contribution in [-0.2, 0) is 4.79 Å². The third kappa shape index (κ3) is 4.67. The number of carbonyl (C=O) groups is 1. The third-order valence-electron chi connectivity index (χ3n) is 3.42. The topological polar surface area (TPSA) is 29.1 Å². The van der Waals surface area contributed by atoms with E-state index >= 15 is 0 Å². The lowest BCUT2D eigenvalue weighted by Gasteiger charge is -2.26. The lowest BCUT2D eigenvalue weighted by Crippen LogP contribution is -2.30. The zero-order valence-corrected chi connectivity index (χ0v) is 10.4. The van der Waals surface area contributed by atoms with Crippen LogP contribution in [0, 0.1) is 17.8 Å². The summed E-state index contributed by atoms with van der Waals surface area (Å²) in [5.74, 6) is 2.06. The van der Waals surface area contributed by atoms with E-state index in [9.17, 15) is 4.79 Å². The fourth-order valence-electron chi connectivity index (χ4n) is 2.43. The Kier molecular flexibility index (Phi) is 5.13. The van der Waals surface area contributed by atoms with Crippen LogP contribution >= 0.6 is 0 Å². The van der Waals surface area contributed by atoms with Gasteiger partial charge in [-0.15, -0.1) is 0 Å². The Hall–Kier alpha value is -0.530. The summed E-state index contributed by atoms with van der Waals surface area (Å²) >= 11 is 0. The van der Waals surface area contributed by atoms with Crippen molar-refractivity contribution in [2.45, 2.75) is 52.9 Å². The van der Waals surface area contributed by atoms with Gasteiger partial charge in [0.2, 0.25) is 5.91 Å². The molecule has 2 unspecified atom stereocenters. The first-order valence-corrected chi connectivity index (χ1v) is 6.37. The summed E-state index contributed by atoms with van der Waals surface area (Å²) in [5.41, 5.74) is 0. The highest BCUT2D eigenvalue weighted by atomic mass is 16.1. The standard InChI is InChI=1S/C13H25NO/c1-10(2)13(15)14-8-7-12-6-4-5-11(3)9-12/h10-12H,4-9H2,1-3H3,(H,14,15). The number of rotatable bonds is 4. The molecule has 0 radical (unpaired) electrons. The van der Waals surface area contributed by atoms with Crippen LogP contribution in [0.1, 0.15) is 52.9 Å². The van der Waals surface area contributed by atoms with Crippen molar-refractivity contribution in [2.75, 3.05) is 6.54 Å². The second-order valence-corrected chi connectivity index (χ2v) is 5.37. The molecule has 0 aromatic heterocycles. The van der Waals surface area contributed by atoms with Gasteiger partial charge in [-0.25, -0.2) is 0 Å². The summed E-state index contributed by atoms with van der Waals surface area (Å²) in [6.45, 7) is 7.10. The second kappa shape index (κ2) is 6.14. The molecule has 0 spiro atoms. The minimum Gasteiger partial charge on any atom is -0.356 e. The lowest BCUT2D eigenvalue weighted by atomic mass is 9.81. The van der Waals surface area contributed by atoms with Gasteiger partial charge in [0.1, 0.15) is 0 Å². The van der Waals surface area contributed by atoms with Crippen LogP contribution in [-0.4, -0.2) is 12.5 Å². The Morgan fingerprint density at radius 3 is 2.73 bits per heavy atom. The molecule has 0 saturated heterocycles. The molecular formula is C13H25NO. The average Bonchev–Trinajstić information content (AvgIpc) is 2.17. The molecule has 1 fully saturated rings. The van der Waals surface area contributed by atoms with Crippen molar-refractivity contribution in [3.63, 3.8) is 0 Å². The molecule has 1 rings (SSSR count). The van der Waals surface area contributed by atoms with Gasteiger partial charge in [0.25, 0.3) is 0 Å².